The highest BCUT2D eigenvalue weighted by Gasteiger charge is 2.01. The van der Waals surface area contributed by atoms with Crippen LogP contribution in [0, 0.1) is 0 Å². The summed E-state index contributed by atoms with van der Waals surface area (Å²) in [6.45, 7) is 4.06. The lowest BCUT2D eigenvalue weighted by molar-refractivity contribution is 0.630. The molecule has 15 heavy (non-hydrogen) atoms. The minimum absolute atomic E-state index is 0.622. The first-order valence-electron chi connectivity index (χ1n) is 5.32. The van der Waals surface area contributed by atoms with Crippen molar-refractivity contribution >= 4 is 27.5 Å². The fraction of sp³-hybridized carbons (Fsp3) is 0.500. The maximum absolute atomic E-state index is 6.04. The lowest BCUT2D eigenvalue weighted by atomic mass is 10.2. The van der Waals surface area contributed by atoms with Crippen molar-refractivity contribution in [3.63, 3.8) is 0 Å². The molecule has 1 unspecified atom stereocenters. The van der Waals surface area contributed by atoms with E-state index in [1.165, 1.54) is 12.0 Å². The Labute approximate surface area is 105 Å². The van der Waals surface area contributed by atoms with Gasteiger partial charge in [0.15, 0.2) is 0 Å². The molecule has 0 aliphatic carbocycles. The predicted octanol–water partition coefficient (Wildman–Crippen LogP) is 3.99. The second kappa shape index (κ2) is 7.26. The maximum atomic E-state index is 6.04. The van der Waals surface area contributed by atoms with Crippen molar-refractivity contribution in [2.45, 2.75) is 31.1 Å². The molecule has 1 N–H and O–H groups in total. The molecule has 0 aromatic heterocycles. The van der Waals surface area contributed by atoms with Crippen LogP contribution < -0.4 is 5.32 Å². The molecule has 0 aliphatic heterocycles. The summed E-state index contributed by atoms with van der Waals surface area (Å²) in [5.74, 6) is 0. The monoisotopic (exact) mass is 289 g/mol. The van der Waals surface area contributed by atoms with Crippen LogP contribution in [0.5, 0.6) is 0 Å². The highest BCUT2D eigenvalue weighted by atomic mass is 79.9. The van der Waals surface area contributed by atoms with Crippen molar-refractivity contribution in [1.82, 2.24) is 5.32 Å². The van der Waals surface area contributed by atoms with Gasteiger partial charge in [0, 0.05) is 16.4 Å². The summed E-state index contributed by atoms with van der Waals surface area (Å²) in [5, 5.41) is 4.24. The molecule has 1 rings (SSSR count). The van der Waals surface area contributed by atoms with E-state index < -0.39 is 0 Å². The van der Waals surface area contributed by atoms with Crippen LogP contribution in [0.15, 0.2) is 24.3 Å². The summed E-state index contributed by atoms with van der Waals surface area (Å²) in [4.78, 5) is 0.622. The Morgan fingerprint density at radius 1 is 1.40 bits per heavy atom. The number of nitrogens with one attached hydrogen (secondary N) is 1. The zero-order chi connectivity index (χ0) is 11.1. The summed E-state index contributed by atoms with van der Waals surface area (Å²) in [6, 6.07) is 7.96. The van der Waals surface area contributed by atoms with Crippen LogP contribution in [0.2, 0.25) is 5.02 Å². The van der Waals surface area contributed by atoms with Crippen LogP contribution in [-0.2, 0) is 6.54 Å². The van der Waals surface area contributed by atoms with E-state index in [1.54, 1.807) is 0 Å². The summed E-state index contributed by atoms with van der Waals surface area (Å²) in [7, 11) is 0. The molecule has 3 heteroatoms. The van der Waals surface area contributed by atoms with Crippen molar-refractivity contribution in [3.05, 3.63) is 34.9 Å². The molecule has 1 aromatic rings. The van der Waals surface area contributed by atoms with Gasteiger partial charge in [-0.2, -0.15) is 0 Å². The number of hydrogen-bond acceptors (Lipinski definition) is 1. The minimum atomic E-state index is 0.622. The summed E-state index contributed by atoms with van der Waals surface area (Å²) >= 11 is 9.66. The van der Waals surface area contributed by atoms with Gasteiger partial charge in [0.1, 0.15) is 0 Å². The molecule has 0 saturated heterocycles. The van der Waals surface area contributed by atoms with E-state index in [4.69, 9.17) is 11.6 Å². The fourth-order valence-electron chi connectivity index (χ4n) is 1.33. The summed E-state index contributed by atoms with van der Waals surface area (Å²) < 4.78 is 0. The van der Waals surface area contributed by atoms with E-state index in [0.717, 1.165) is 24.5 Å². The molecule has 0 saturated carbocycles. The average molecular weight is 291 g/mol. The van der Waals surface area contributed by atoms with Crippen molar-refractivity contribution in [3.8, 4) is 0 Å². The van der Waals surface area contributed by atoms with Gasteiger partial charge in [-0.1, -0.05) is 52.7 Å². The van der Waals surface area contributed by atoms with Crippen LogP contribution in [0.4, 0.5) is 0 Å². The van der Waals surface area contributed by atoms with E-state index in [0.29, 0.717) is 4.83 Å². The topological polar surface area (TPSA) is 12.0 Å². The molecule has 1 nitrogen and oxygen atoms in total. The molecule has 0 bridgehead atoms. The number of alkyl halides is 1. The third-order valence-electron chi connectivity index (χ3n) is 2.35. The molecule has 1 atom stereocenters. The Kier molecular flexibility index (Phi) is 6.30. The fourth-order valence-corrected chi connectivity index (χ4v) is 1.76. The van der Waals surface area contributed by atoms with E-state index in [2.05, 4.69) is 34.2 Å². The van der Waals surface area contributed by atoms with Crippen molar-refractivity contribution in [2.75, 3.05) is 6.54 Å². The van der Waals surface area contributed by atoms with Crippen molar-refractivity contribution < 1.29 is 0 Å². The van der Waals surface area contributed by atoms with Gasteiger partial charge in [0.05, 0.1) is 0 Å². The Morgan fingerprint density at radius 3 is 2.80 bits per heavy atom. The lowest BCUT2D eigenvalue weighted by Gasteiger charge is -2.08. The third kappa shape index (κ3) is 5.01. The molecule has 84 valence electrons. The largest absolute Gasteiger partial charge is 0.313 e. The molecule has 0 spiro atoms. The predicted molar refractivity (Wildman–Crippen MR) is 70.8 cm³/mol. The minimum Gasteiger partial charge on any atom is -0.313 e. The van der Waals surface area contributed by atoms with E-state index in [1.807, 2.05) is 18.2 Å². The zero-order valence-electron chi connectivity index (χ0n) is 8.97. The van der Waals surface area contributed by atoms with E-state index in [9.17, 15) is 0 Å². The van der Waals surface area contributed by atoms with Gasteiger partial charge in [-0.05, 0) is 31.0 Å². The van der Waals surface area contributed by atoms with E-state index in [-0.39, 0.29) is 0 Å². The highest BCUT2D eigenvalue weighted by molar-refractivity contribution is 9.09. The molecule has 0 heterocycles. The number of rotatable bonds is 6. The molecule has 0 radical (unpaired) electrons. The Hall–Kier alpha value is -0.0500. The Morgan fingerprint density at radius 2 is 2.13 bits per heavy atom. The average Bonchev–Trinajstić information content (AvgIpc) is 2.26. The van der Waals surface area contributed by atoms with Gasteiger partial charge in [-0.25, -0.2) is 0 Å². The van der Waals surface area contributed by atoms with E-state index >= 15 is 0 Å². The van der Waals surface area contributed by atoms with Gasteiger partial charge < -0.3 is 5.32 Å². The number of benzene rings is 1. The van der Waals surface area contributed by atoms with Gasteiger partial charge in [0.2, 0.25) is 0 Å². The number of halogens is 2. The van der Waals surface area contributed by atoms with Gasteiger partial charge in [0.25, 0.3) is 0 Å². The highest BCUT2D eigenvalue weighted by Crippen LogP contribution is 2.14. The summed E-state index contributed by atoms with van der Waals surface area (Å²) in [5.41, 5.74) is 1.17. The quantitative estimate of drug-likeness (QED) is 0.617. The van der Waals surface area contributed by atoms with Crippen LogP contribution in [-0.4, -0.2) is 11.4 Å². The third-order valence-corrected chi connectivity index (χ3v) is 3.82. The first-order valence-corrected chi connectivity index (χ1v) is 6.61. The molecular formula is C12H17BrClN. The molecule has 0 fully saturated rings. The number of hydrogen-bond donors (Lipinski definition) is 1. The lowest BCUT2D eigenvalue weighted by Crippen LogP contribution is -2.17. The molecule has 0 aliphatic rings. The maximum Gasteiger partial charge on any atom is 0.0450 e. The second-order valence-electron chi connectivity index (χ2n) is 3.56. The molecule has 0 amide bonds. The van der Waals surface area contributed by atoms with Crippen LogP contribution in [0.1, 0.15) is 25.3 Å². The Bertz CT molecular complexity index is 291. The summed E-state index contributed by atoms with van der Waals surface area (Å²) in [6.07, 6.45) is 2.33. The van der Waals surface area contributed by atoms with Gasteiger partial charge in [-0.15, -0.1) is 0 Å². The second-order valence-corrected chi connectivity index (χ2v) is 5.26. The van der Waals surface area contributed by atoms with Crippen LogP contribution >= 0.6 is 27.5 Å². The Balaban J connectivity index is 2.23. The first-order chi connectivity index (χ1) is 7.24. The van der Waals surface area contributed by atoms with Crippen molar-refractivity contribution in [2.24, 2.45) is 0 Å². The van der Waals surface area contributed by atoms with Crippen LogP contribution in [0.3, 0.4) is 0 Å². The molecule has 1 aromatic carbocycles. The molecular weight excluding hydrogens is 273 g/mol. The van der Waals surface area contributed by atoms with Gasteiger partial charge >= 0.3 is 0 Å². The SMILES string of the molecule is CCC(Br)CCNCc1ccccc1Cl. The first kappa shape index (κ1) is 13.0. The van der Waals surface area contributed by atoms with Crippen molar-refractivity contribution in [1.29, 1.82) is 0 Å². The normalized spacial score (nSPS) is 12.7. The van der Waals surface area contributed by atoms with Crippen LogP contribution in [0.25, 0.3) is 0 Å². The smallest absolute Gasteiger partial charge is 0.0450 e. The standard InChI is InChI=1S/C12H17BrClN/c1-2-11(13)7-8-15-9-10-5-3-4-6-12(10)14/h3-6,11,15H,2,7-9H2,1H3. The zero-order valence-corrected chi connectivity index (χ0v) is 11.3. The van der Waals surface area contributed by atoms with Gasteiger partial charge in [-0.3, -0.25) is 0 Å².